The second-order valence-electron chi connectivity index (χ2n) is 13.7. The van der Waals surface area contributed by atoms with Gasteiger partial charge in [-0.15, -0.1) is 0 Å². The minimum absolute atomic E-state index is 0.0145. The minimum Gasteiger partial charge on any atom is -0.396 e. The zero-order chi connectivity index (χ0) is 31.5. The number of hydrogen-bond donors (Lipinski definition) is 6. The Hall–Kier alpha value is -1.17. The predicted molar refractivity (Wildman–Crippen MR) is 159 cm³/mol. The highest BCUT2D eigenvalue weighted by Gasteiger charge is 2.56. The van der Waals surface area contributed by atoms with E-state index in [4.69, 9.17) is 9.47 Å². The highest BCUT2D eigenvalue weighted by molar-refractivity contribution is 5.86. The Bertz CT molecular complexity index is 963. The summed E-state index contributed by atoms with van der Waals surface area (Å²) in [7, 11) is 0. The number of ketones is 1. The van der Waals surface area contributed by atoms with Crippen molar-refractivity contribution in [2.45, 2.75) is 123 Å². The van der Waals surface area contributed by atoms with Gasteiger partial charge in [-0.2, -0.15) is 0 Å². The smallest absolute Gasteiger partial charge is 0.186 e. The van der Waals surface area contributed by atoms with E-state index in [1.165, 1.54) is 0 Å². The van der Waals surface area contributed by atoms with Gasteiger partial charge in [-0.1, -0.05) is 52.3 Å². The highest BCUT2D eigenvalue weighted by Crippen LogP contribution is 2.58. The molecule has 0 aromatic rings. The average molecular weight is 614 g/mol. The van der Waals surface area contributed by atoms with E-state index in [1.54, 1.807) is 0 Å². The van der Waals surface area contributed by atoms with Crippen LogP contribution in [0.2, 0.25) is 0 Å². The first-order chi connectivity index (χ1) is 19.7. The molecule has 0 radical (unpaired) electrons. The van der Waals surface area contributed by atoms with Crippen molar-refractivity contribution in [3.63, 3.8) is 0 Å². The first-order valence-corrected chi connectivity index (χ1v) is 15.9. The number of carbonyl (C=O) groups excluding carboxylic acids is 1. The predicted octanol–water partition coefficient (Wildman–Crippen LogP) is 2.75. The Morgan fingerprint density at radius 3 is 2.43 bits per heavy atom. The molecule has 3 aliphatic rings. The fourth-order valence-corrected chi connectivity index (χ4v) is 8.50. The maximum atomic E-state index is 14.0. The third-order valence-electron chi connectivity index (χ3n) is 10.6. The van der Waals surface area contributed by atoms with Gasteiger partial charge in [0, 0.05) is 24.4 Å². The summed E-state index contributed by atoms with van der Waals surface area (Å²) in [5, 5.41) is 62.5. The molecule has 14 atom stereocenters. The number of carbonyl (C=O) groups is 1. The number of Topliss-reactive ketones (excluding diaryl/α,β-unsaturated/α-hetero) is 1. The molecule has 1 aliphatic heterocycles. The fraction of sp³-hybridized carbons (Fsp3) is 0.848. The lowest BCUT2D eigenvalue weighted by atomic mass is 9.97. The van der Waals surface area contributed by atoms with Crippen molar-refractivity contribution in [1.82, 2.24) is 0 Å². The standard InChI is InChI=1S/C33H56O9/c1-8-9-18(3)28(37)21(6)24(41-32-31(40)30(39)29(38)25(16-35)42-32)15-23-19(4)14-22-13-17(2)12-20(5)27(22)33(23,7)26(36)10-11-34/h9,14,17,20-25,27-32,34-35,37-40H,8,10-13,15-16H2,1-7H3/b18-9+/t17-,20+,21-,22+,23-,24-,25+,27-,28+,29+,30-,31+,32+,33+/m0/s1/i1+1,2+1,3+1,4+1,5+1,6+1,7+1,8+1,10+1,15+1,17+1,18+1,19+1,20+1,21+1,22+1,33+1. The van der Waals surface area contributed by atoms with E-state index in [0.29, 0.717) is 18.3 Å². The largest absolute Gasteiger partial charge is 0.396 e. The number of aliphatic hydroxyl groups excluding tert-OH is 6. The molecular formula is C33H56O9. The molecule has 0 bridgehead atoms. The zero-order valence-electron chi connectivity index (χ0n) is 26.5. The van der Waals surface area contributed by atoms with Gasteiger partial charge < -0.3 is 40.1 Å². The van der Waals surface area contributed by atoms with Crippen molar-refractivity contribution < 1.29 is 44.9 Å². The molecule has 3 rings (SSSR count). The van der Waals surface area contributed by atoms with Gasteiger partial charge in [0.25, 0.3) is 0 Å². The Morgan fingerprint density at radius 2 is 1.83 bits per heavy atom. The minimum atomic E-state index is -1.60. The van der Waals surface area contributed by atoms with Crippen molar-refractivity contribution in [1.29, 1.82) is 0 Å². The molecule has 1 saturated carbocycles. The quantitative estimate of drug-likeness (QED) is 0.144. The van der Waals surface area contributed by atoms with Crippen molar-refractivity contribution in [3.05, 3.63) is 23.3 Å². The monoisotopic (exact) mass is 613 g/mol. The van der Waals surface area contributed by atoms with Crippen LogP contribution in [0, 0.1) is 40.9 Å². The Morgan fingerprint density at radius 1 is 1.17 bits per heavy atom. The van der Waals surface area contributed by atoms with Crippen LogP contribution in [0.1, 0.15) is 80.6 Å². The normalized spacial score (nSPS) is 41.5. The van der Waals surface area contributed by atoms with Gasteiger partial charge in [0.15, 0.2) is 6.29 Å². The SMILES string of the molecule is [13CH3][13CH2]/C=[13C](\[13CH3])[C@@H](O)[13C@@H]([13CH3])[C@H]([13CH2][C@H]1[13C]([13CH3])=C[13C@H]2C[13C@@H]([13CH3])C[13C@@H]([13CH3])[C@@H]2[13C@@]1([13CH3])C(=O)[13CH2]CO)O[C@@H]1O[C@H](CO)[C@@H](O)[C@H](O)[C@H]1O. The number of fused-ring (bicyclic) bond motifs is 1. The molecular weight excluding hydrogens is 557 g/mol. The summed E-state index contributed by atoms with van der Waals surface area (Å²) >= 11 is 0. The molecule has 9 heteroatoms. The maximum Gasteiger partial charge on any atom is 0.186 e. The van der Waals surface area contributed by atoms with Gasteiger partial charge in [0.2, 0.25) is 0 Å². The van der Waals surface area contributed by atoms with Gasteiger partial charge >= 0.3 is 0 Å². The summed E-state index contributed by atoms with van der Waals surface area (Å²) < 4.78 is 12.1. The molecule has 2 fully saturated rings. The molecule has 6 N–H and O–H groups in total. The Kier molecular flexibility index (Phi) is 12.4. The van der Waals surface area contributed by atoms with Crippen LogP contribution in [0.3, 0.4) is 0 Å². The van der Waals surface area contributed by atoms with Crippen molar-refractivity contribution in [3.8, 4) is 0 Å². The van der Waals surface area contributed by atoms with Crippen LogP contribution in [0.15, 0.2) is 23.3 Å². The summed E-state index contributed by atoms with van der Waals surface area (Å²) in [4.78, 5) is 14.0. The molecule has 0 unspecified atom stereocenters. The molecule has 0 spiro atoms. The molecule has 1 heterocycles. The van der Waals surface area contributed by atoms with Crippen LogP contribution in [0.5, 0.6) is 0 Å². The van der Waals surface area contributed by atoms with Crippen molar-refractivity contribution >= 4 is 5.78 Å². The Balaban J connectivity index is 2.06. The number of allylic oxidation sites excluding steroid dienone is 3. The summed E-state index contributed by atoms with van der Waals surface area (Å²) in [6, 6.07) is 0. The fourth-order valence-electron chi connectivity index (χ4n) is 8.50. The number of aliphatic hydroxyl groups is 6. The van der Waals surface area contributed by atoms with Crippen LogP contribution < -0.4 is 0 Å². The lowest BCUT2D eigenvalue weighted by molar-refractivity contribution is -0.317. The van der Waals surface area contributed by atoms with Gasteiger partial charge in [-0.05, 0) is 74.7 Å². The van der Waals surface area contributed by atoms with Crippen LogP contribution >= 0.6 is 0 Å². The van der Waals surface area contributed by atoms with E-state index in [0.717, 1.165) is 30.4 Å². The summed E-state index contributed by atoms with van der Waals surface area (Å²) in [5.74, 6) is 0.415. The van der Waals surface area contributed by atoms with E-state index in [1.807, 2.05) is 40.7 Å². The molecule has 9 nitrogen and oxygen atoms in total. The molecule has 242 valence electrons. The van der Waals surface area contributed by atoms with Crippen molar-refractivity contribution in [2.75, 3.05) is 13.2 Å². The van der Waals surface area contributed by atoms with Gasteiger partial charge in [0.05, 0.1) is 18.8 Å². The van der Waals surface area contributed by atoms with Crippen LogP contribution in [-0.2, 0) is 14.3 Å². The first-order valence-electron chi connectivity index (χ1n) is 15.9. The molecule has 42 heavy (non-hydrogen) atoms. The van der Waals surface area contributed by atoms with Crippen LogP contribution in [0.25, 0.3) is 0 Å². The van der Waals surface area contributed by atoms with Gasteiger partial charge in [-0.3, -0.25) is 4.79 Å². The average Bonchev–Trinajstić information content (AvgIpc) is 2.93. The maximum absolute atomic E-state index is 14.0. The zero-order valence-corrected chi connectivity index (χ0v) is 26.5. The van der Waals surface area contributed by atoms with E-state index in [9.17, 15) is 35.4 Å². The number of rotatable bonds is 12. The summed E-state index contributed by atoms with van der Waals surface area (Å²) in [6.07, 6.45) is -1.41. The molecule has 1 saturated heterocycles. The molecule has 2 aliphatic carbocycles. The first kappa shape index (κ1) is 35.3. The second kappa shape index (κ2) is 14.7. The highest BCUT2D eigenvalue weighted by atomic mass is 16.7. The molecule has 0 amide bonds. The van der Waals surface area contributed by atoms with E-state index in [2.05, 4.69) is 19.9 Å². The molecule has 0 aromatic carbocycles. The van der Waals surface area contributed by atoms with Gasteiger partial charge in [-0.25, -0.2) is 0 Å². The summed E-state index contributed by atoms with van der Waals surface area (Å²) in [6.45, 7) is 13.4. The van der Waals surface area contributed by atoms with Crippen LogP contribution in [0.4, 0.5) is 0 Å². The van der Waals surface area contributed by atoms with E-state index < -0.39 is 60.9 Å². The van der Waals surface area contributed by atoms with Crippen molar-refractivity contribution in [2.24, 2.45) is 40.9 Å². The molecule has 0 aromatic heterocycles. The Labute approximate surface area is 251 Å². The van der Waals surface area contributed by atoms with Crippen LogP contribution in [-0.4, -0.2) is 92.5 Å². The van der Waals surface area contributed by atoms with Gasteiger partial charge in [0.1, 0.15) is 30.2 Å². The lowest BCUT2D eigenvalue weighted by Crippen LogP contribution is -2.60. The third kappa shape index (κ3) is 7.04. The number of hydrogen-bond acceptors (Lipinski definition) is 9. The topological polar surface area (TPSA) is 157 Å². The van der Waals surface area contributed by atoms with E-state index in [-0.39, 0.29) is 36.6 Å². The number of ether oxygens (including phenoxy) is 2. The summed E-state index contributed by atoms with van der Waals surface area (Å²) in [5.41, 5.74) is 1.05. The third-order valence-corrected chi connectivity index (χ3v) is 10.6. The lowest BCUT2D eigenvalue weighted by Gasteiger charge is -2.55. The van der Waals surface area contributed by atoms with E-state index >= 15 is 0 Å². The second-order valence-corrected chi connectivity index (χ2v) is 13.7.